The number of rotatable bonds is 4. The van der Waals surface area contributed by atoms with Gasteiger partial charge in [-0.1, -0.05) is 25.0 Å². The summed E-state index contributed by atoms with van der Waals surface area (Å²) < 4.78 is 13.9. The third kappa shape index (κ3) is 2.86. The quantitative estimate of drug-likeness (QED) is 0.843. The molecule has 104 valence electrons. The van der Waals surface area contributed by atoms with Crippen LogP contribution in [0, 0.1) is 18.2 Å². The van der Waals surface area contributed by atoms with Crippen molar-refractivity contribution >= 4 is 5.78 Å². The van der Waals surface area contributed by atoms with E-state index in [1.807, 2.05) is 6.92 Å². The van der Waals surface area contributed by atoms with Crippen molar-refractivity contribution in [2.45, 2.75) is 39.5 Å². The van der Waals surface area contributed by atoms with E-state index < -0.39 is 11.2 Å². The number of aryl methyl sites for hydroxylation is 1. The highest BCUT2D eigenvalue weighted by atomic mass is 19.1. The van der Waals surface area contributed by atoms with Crippen LogP contribution in [-0.2, 0) is 0 Å². The lowest BCUT2D eigenvalue weighted by atomic mass is 9.71. The molecule has 0 aliphatic carbocycles. The first-order valence-corrected chi connectivity index (χ1v) is 7.11. The predicted octanol–water partition coefficient (Wildman–Crippen LogP) is 3.49. The van der Waals surface area contributed by atoms with Crippen LogP contribution in [0.2, 0.25) is 0 Å². The van der Waals surface area contributed by atoms with Gasteiger partial charge in [0.1, 0.15) is 5.82 Å². The second-order valence-corrected chi connectivity index (χ2v) is 5.62. The van der Waals surface area contributed by atoms with Gasteiger partial charge in [0, 0.05) is 12.0 Å². The van der Waals surface area contributed by atoms with Crippen LogP contribution in [-0.4, -0.2) is 18.9 Å². The lowest BCUT2D eigenvalue weighted by molar-refractivity contribution is 0.0713. The monoisotopic (exact) mass is 263 g/mol. The molecule has 19 heavy (non-hydrogen) atoms. The number of nitrogens with one attached hydrogen (secondary N) is 1. The van der Waals surface area contributed by atoms with Crippen LogP contribution in [0.15, 0.2) is 18.2 Å². The summed E-state index contributed by atoms with van der Waals surface area (Å²) in [5, 5.41) is 3.30. The van der Waals surface area contributed by atoms with E-state index in [1.54, 1.807) is 12.1 Å². The summed E-state index contributed by atoms with van der Waals surface area (Å²) in [5.74, 6) is -0.417. The molecule has 3 heteroatoms. The van der Waals surface area contributed by atoms with Crippen LogP contribution < -0.4 is 5.32 Å². The van der Waals surface area contributed by atoms with Crippen molar-refractivity contribution in [1.29, 1.82) is 0 Å². The van der Waals surface area contributed by atoms with Crippen molar-refractivity contribution in [3.05, 3.63) is 35.1 Å². The maximum Gasteiger partial charge on any atom is 0.173 e. The Bertz CT molecular complexity index is 458. The van der Waals surface area contributed by atoms with E-state index in [0.29, 0.717) is 6.54 Å². The first kappa shape index (κ1) is 14.2. The molecular formula is C16H22FNO. The molecule has 1 atom stereocenters. The van der Waals surface area contributed by atoms with Gasteiger partial charge >= 0.3 is 0 Å². The highest BCUT2D eigenvalue weighted by molar-refractivity contribution is 6.01. The van der Waals surface area contributed by atoms with Gasteiger partial charge in [0.25, 0.3) is 0 Å². The second kappa shape index (κ2) is 5.83. The maximum atomic E-state index is 13.9. The fourth-order valence-electron chi connectivity index (χ4n) is 3.07. The van der Waals surface area contributed by atoms with Gasteiger partial charge in [0.15, 0.2) is 5.78 Å². The van der Waals surface area contributed by atoms with Gasteiger partial charge < -0.3 is 5.32 Å². The molecular weight excluding hydrogens is 241 g/mol. The molecule has 1 heterocycles. The first-order valence-electron chi connectivity index (χ1n) is 7.11. The minimum atomic E-state index is -0.415. The van der Waals surface area contributed by atoms with Crippen LogP contribution in [0.25, 0.3) is 0 Å². The molecule has 0 radical (unpaired) electrons. The van der Waals surface area contributed by atoms with Gasteiger partial charge in [-0.05, 0) is 44.9 Å². The van der Waals surface area contributed by atoms with Gasteiger partial charge in [-0.3, -0.25) is 4.79 Å². The molecule has 2 rings (SSSR count). The summed E-state index contributed by atoms with van der Waals surface area (Å²) >= 11 is 0. The Balaban J connectivity index is 2.36. The summed E-state index contributed by atoms with van der Waals surface area (Å²) in [6.45, 7) is 5.60. The Morgan fingerprint density at radius 1 is 1.47 bits per heavy atom. The zero-order chi connectivity index (χ0) is 13.9. The van der Waals surface area contributed by atoms with E-state index >= 15 is 0 Å². The molecule has 0 amide bonds. The third-order valence-corrected chi connectivity index (χ3v) is 4.05. The normalized spacial score (nSPS) is 23.3. The van der Waals surface area contributed by atoms with Crippen molar-refractivity contribution in [1.82, 2.24) is 5.32 Å². The van der Waals surface area contributed by atoms with Crippen LogP contribution in [0.1, 0.15) is 48.5 Å². The fourth-order valence-corrected chi connectivity index (χ4v) is 3.07. The Morgan fingerprint density at radius 2 is 2.26 bits per heavy atom. The van der Waals surface area contributed by atoms with E-state index in [2.05, 4.69) is 12.2 Å². The highest BCUT2D eigenvalue weighted by Gasteiger charge is 2.39. The number of halogens is 1. The molecule has 1 fully saturated rings. The minimum Gasteiger partial charge on any atom is -0.316 e. The predicted molar refractivity (Wildman–Crippen MR) is 74.9 cm³/mol. The van der Waals surface area contributed by atoms with Gasteiger partial charge in [-0.25, -0.2) is 4.39 Å². The zero-order valence-corrected chi connectivity index (χ0v) is 11.8. The number of carbonyl (C=O) groups excluding carboxylic acids is 1. The summed E-state index contributed by atoms with van der Waals surface area (Å²) in [6.07, 6.45) is 3.62. The Hall–Kier alpha value is -1.22. The van der Waals surface area contributed by atoms with Gasteiger partial charge in [-0.2, -0.15) is 0 Å². The topological polar surface area (TPSA) is 29.1 Å². The smallest absolute Gasteiger partial charge is 0.173 e. The van der Waals surface area contributed by atoms with Crippen molar-refractivity contribution in [2.24, 2.45) is 5.41 Å². The van der Waals surface area contributed by atoms with Gasteiger partial charge in [-0.15, -0.1) is 0 Å². The largest absolute Gasteiger partial charge is 0.316 e. The first-order chi connectivity index (χ1) is 9.09. The molecule has 1 aromatic carbocycles. The average Bonchev–Trinajstić information content (AvgIpc) is 2.42. The summed E-state index contributed by atoms with van der Waals surface area (Å²) in [6, 6.07) is 4.79. The van der Waals surface area contributed by atoms with E-state index in [0.717, 1.165) is 37.8 Å². The Morgan fingerprint density at radius 3 is 2.89 bits per heavy atom. The van der Waals surface area contributed by atoms with E-state index in [9.17, 15) is 9.18 Å². The van der Waals surface area contributed by atoms with Crippen molar-refractivity contribution in [2.75, 3.05) is 13.1 Å². The highest BCUT2D eigenvalue weighted by Crippen LogP contribution is 2.36. The van der Waals surface area contributed by atoms with E-state index in [4.69, 9.17) is 0 Å². The summed E-state index contributed by atoms with van der Waals surface area (Å²) in [5.41, 5.74) is 0.777. The SMILES string of the molecule is CCCC1(C(=O)c2cc(C)ccc2F)CCCNC1. The molecule has 1 unspecified atom stereocenters. The summed E-state index contributed by atoms with van der Waals surface area (Å²) in [7, 11) is 0. The van der Waals surface area contributed by atoms with Crippen molar-refractivity contribution < 1.29 is 9.18 Å². The number of hydrogen-bond donors (Lipinski definition) is 1. The number of piperidine rings is 1. The van der Waals surface area contributed by atoms with Crippen LogP contribution >= 0.6 is 0 Å². The molecule has 1 saturated heterocycles. The second-order valence-electron chi connectivity index (χ2n) is 5.62. The molecule has 0 bridgehead atoms. The van der Waals surface area contributed by atoms with Crippen LogP contribution in [0.4, 0.5) is 4.39 Å². The lowest BCUT2D eigenvalue weighted by Crippen LogP contribution is -2.45. The molecule has 1 aromatic rings. The molecule has 1 aliphatic heterocycles. The molecule has 0 aromatic heterocycles. The molecule has 1 N–H and O–H groups in total. The Kier molecular flexibility index (Phi) is 4.35. The molecule has 0 saturated carbocycles. The number of carbonyl (C=O) groups is 1. The number of hydrogen-bond acceptors (Lipinski definition) is 2. The van der Waals surface area contributed by atoms with Crippen LogP contribution in [0.5, 0.6) is 0 Å². The summed E-state index contributed by atoms with van der Waals surface area (Å²) in [4.78, 5) is 12.8. The van der Waals surface area contributed by atoms with E-state index in [-0.39, 0.29) is 11.3 Å². The van der Waals surface area contributed by atoms with Crippen molar-refractivity contribution in [3.8, 4) is 0 Å². The fraction of sp³-hybridized carbons (Fsp3) is 0.562. The Labute approximate surface area is 114 Å². The number of benzene rings is 1. The van der Waals surface area contributed by atoms with Gasteiger partial charge in [0.05, 0.1) is 5.56 Å². The maximum absolute atomic E-state index is 13.9. The molecule has 1 aliphatic rings. The average molecular weight is 263 g/mol. The van der Waals surface area contributed by atoms with Crippen LogP contribution in [0.3, 0.4) is 0 Å². The van der Waals surface area contributed by atoms with Crippen molar-refractivity contribution in [3.63, 3.8) is 0 Å². The molecule has 2 nitrogen and oxygen atoms in total. The lowest BCUT2D eigenvalue weighted by Gasteiger charge is -2.36. The standard InChI is InChI=1S/C16H22FNO/c1-3-7-16(8-4-9-18-11-16)15(19)13-10-12(2)5-6-14(13)17/h5-6,10,18H,3-4,7-9,11H2,1-2H3. The number of ketones is 1. The van der Waals surface area contributed by atoms with Gasteiger partial charge in [0.2, 0.25) is 0 Å². The number of Topliss-reactive ketones (excluding diaryl/α,β-unsaturated/α-hetero) is 1. The zero-order valence-electron chi connectivity index (χ0n) is 11.8. The molecule has 0 spiro atoms. The van der Waals surface area contributed by atoms with E-state index in [1.165, 1.54) is 6.07 Å². The third-order valence-electron chi connectivity index (χ3n) is 4.05. The minimum absolute atomic E-state index is 0.0252.